The minimum absolute atomic E-state index is 0.0541. The number of hydrogen-bond acceptors (Lipinski definition) is 24. The van der Waals surface area contributed by atoms with Crippen molar-refractivity contribution in [3.05, 3.63) is 11.6 Å². The molecule has 25 heteroatoms. The molecule has 0 aromatic heterocycles. The van der Waals surface area contributed by atoms with Gasteiger partial charge in [0.15, 0.2) is 18.9 Å². The van der Waals surface area contributed by atoms with Crippen LogP contribution in [-0.4, -0.2) is 244 Å². The van der Waals surface area contributed by atoms with Crippen molar-refractivity contribution in [2.75, 3.05) is 26.4 Å². The van der Waals surface area contributed by atoms with Crippen LogP contribution in [0.3, 0.4) is 0 Å². The average molecular weight is 1140 g/mol. The number of rotatable bonds is 13. The van der Waals surface area contributed by atoms with Crippen LogP contribution in [0.1, 0.15) is 106 Å². The van der Waals surface area contributed by atoms with Gasteiger partial charge < -0.3 is 114 Å². The lowest BCUT2D eigenvalue weighted by atomic mass is 9.33. The Morgan fingerprint density at radius 2 is 1.10 bits per heavy atom. The molecule has 4 aliphatic heterocycles. The number of aliphatic hydroxyl groups is 14. The average Bonchev–Trinajstić information content (AvgIpc) is 2.61. The van der Waals surface area contributed by atoms with E-state index in [0.29, 0.717) is 64.2 Å². The number of carboxylic acid groups (broad SMARTS) is 1. The summed E-state index contributed by atoms with van der Waals surface area (Å²) in [6.07, 6.45) is -30.7. The highest BCUT2D eigenvalue weighted by Crippen LogP contribution is 2.76. The van der Waals surface area contributed by atoms with Crippen LogP contribution in [-0.2, 0) is 47.5 Å². The fourth-order valence-electron chi connectivity index (χ4n) is 16.3. The lowest BCUT2D eigenvalue weighted by molar-refractivity contribution is -0.389. The van der Waals surface area contributed by atoms with Crippen molar-refractivity contribution >= 4 is 11.9 Å². The highest BCUT2D eigenvalue weighted by Gasteiger charge is 2.71. The van der Waals surface area contributed by atoms with Crippen LogP contribution < -0.4 is 0 Å². The molecular formula is C54H86O25. The van der Waals surface area contributed by atoms with Crippen molar-refractivity contribution in [2.24, 2.45) is 50.2 Å². The number of esters is 1. The van der Waals surface area contributed by atoms with E-state index in [1.165, 1.54) is 0 Å². The highest BCUT2D eigenvalue weighted by atomic mass is 16.8. The van der Waals surface area contributed by atoms with Gasteiger partial charge in [0.25, 0.3) is 0 Å². The zero-order chi connectivity index (χ0) is 57.9. The van der Waals surface area contributed by atoms with Gasteiger partial charge in [0.05, 0.1) is 43.4 Å². The predicted octanol–water partition coefficient (Wildman–Crippen LogP) is -2.97. The molecule has 25 nitrogen and oxygen atoms in total. The van der Waals surface area contributed by atoms with Crippen LogP contribution in [0.4, 0.5) is 0 Å². The molecule has 0 aromatic carbocycles. The Kier molecular flexibility index (Phi) is 17.4. The van der Waals surface area contributed by atoms with E-state index in [0.717, 1.165) is 5.57 Å². The second-order valence-corrected chi connectivity index (χ2v) is 26.1. The summed E-state index contributed by atoms with van der Waals surface area (Å²) >= 11 is 0. The molecule has 29 atom stereocenters. The Hall–Kier alpha value is -2.16. The predicted molar refractivity (Wildman–Crippen MR) is 265 cm³/mol. The van der Waals surface area contributed by atoms with E-state index in [2.05, 4.69) is 40.7 Å². The largest absolute Gasteiger partial charge is 0.481 e. The number of allylic oxidation sites excluding steroid dienone is 2. The number of hydrogen-bond donors (Lipinski definition) is 15. The smallest absolute Gasteiger partial charge is 0.315 e. The third kappa shape index (κ3) is 9.95. The molecule has 0 radical (unpaired) electrons. The summed E-state index contributed by atoms with van der Waals surface area (Å²) in [5, 5.41) is 162. The van der Waals surface area contributed by atoms with Gasteiger partial charge in [-0.15, -0.1) is 0 Å². The summed E-state index contributed by atoms with van der Waals surface area (Å²) in [7, 11) is 0. The zero-order valence-corrected chi connectivity index (χ0v) is 45.6. The third-order valence-electron chi connectivity index (χ3n) is 21.5. The number of ether oxygens (including phenoxy) is 8. The van der Waals surface area contributed by atoms with Crippen molar-refractivity contribution < 1.29 is 124 Å². The lowest BCUT2D eigenvalue weighted by Gasteiger charge is -2.71. The number of carbonyl (C=O) groups is 2. The Morgan fingerprint density at radius 1 is 0.557 bits per heavy atom. The zero-order valence-electron chi connectivity index (χ0n) is 45.6. The Labute approximate surface area is 457 Å². The van der Waals surface area contributed by atoms with E-state index in [4.69, 9.17) is 37.9 Å². The summed E-state index contributed by atoms with van der Waals surface area (Å²) in [5.41, 5.74) is -2.88. The molecule has 4 heterocycles. The maximum Gasteiger partial charge on any atom is 0.315 e. The number of aliphatic hydroxyl groups excluding tert-OH is 14. The second-order valence-electron chi connectivity index (χ2n) is 26.1. The molecule has 452 valence electrons. The molecule has 9 aliphatic rings. The van der Waals surface area contributed by atoms with Gasteiger partial charge in [-0.05, 0) is 111 Å². The standard InChI is InChI=1S/C54H86O25/c1-49(2)13-15-54(16-14-51(4)22(23(54)17-49)7-8-28-50(3)11-10-30(58)53(6,47(69)70)29(50)9-12-52(28,51)5)48(71)79-45-40(68)41(34(62)27(76-45)21-72-43-38(66)35(63)31(59)24(18-55)73-43)77-46-42(37(65)33(61)26(20-57)75-46)78-44-39(67)36(64)32(60)25(19-56)74-44/h7,23-46,55-68H,8-21H2,1-6H3,(H,69,70). The van der Waals surface area contributed by atoms with Crippen LogP contribution in [0, 0.1) is 50.2 Å². The number of carboxylic acids is 1. The molecule has 9 rings (SSSR count). The van der Waals surface area contributed by atoms with Gasteiger partial charge in [-0.2, -0.15) is 0 Å². The fourth-order valence-corrected chi connectivity index (χ4v) is 16.3. The summed E-state index contributed by atoms with van der Waals surface area (Å²) in [5.74, 6) is -2.34. The van der Waals surface area contributed by atoms with Crippen molar-refractivity contribution in [2.45, 2.75) is 235 Å². The van der Waals surface area contributed by atoms with Gasteiger partial charge in [0.1, 0.15) is 97.7 Å². The van der Waals surface area contributed by atoms with Crippen LogP contribution in [0.25, 0.3) is 0 Å². The maximum absolute atomic E-state index is 15.6. The fraction of sp³-hybridized carbons (Fsp3) is 0.926. The van der Waals surface area contributed by atoms with Gasteiger partial charge >= 0.3 is 11.9 Å². The summed E-state index contributed by atoms with van der Waals surface area (Å²) < 4.78 is 47.3. The van der Waals surface area contributed by atoms with E-state index >= 15 is 4.79 Å². The normalized spacial score (nSPS) is 53.5. The maximum atomic E-state index is 15.6. The molecule has 0 bridgehead atoms. The first kappa shape index (κ1) is 61.4. The van der Waals surface area contributed by atoms with Gasteiger partial charge in [-0.25, -0.2) is 0 Å². The Morgan fingerprint density at radius 3 is 1.71 bits per heavy atom. The topological polar surface area (TPSA) is 411 Å². The molecule has 5 aliphatic carbocycles. The van der Waals surface area contributed by atoms with Crippen LogP contribution in [0.2, 0.25) is 0 Å². The second kappa shape index (κ2) is 22.4. The molecular weight excluding hydrogens is 1050 g/mol. The number of aliphatic carboxylic acids is 1. The monoisotopic (exact) mass is 1130 g/mol. The van der Waals surface area contributed by atoms with Gasteiger partial charge in [0, 0.05) is 0 Å². The molecule has 4 saturated carbocycles. The lowest BCUT2D eigenvalue weighted by Crippen LogP contribution is -2.67. The van der Waals surface area contributed by atoms with E-state index in [9.17, 15) is 81.4 Å². The summed E-state index contributed by atoms with van der Waals surface area (Å²) in [6, 6.07) is 0. The van der Waals surface area contributed by atoms with Gasteiger partial charge in [-0.3, -0.25) is 9.59 Å². The first-order valence-electron chi connectivity index (χ1n) is 28.0. The summed E-state index contributed by atoms with van der Waals surface area (Å²) in [4.78, 5) is 28.5. The minimum atomic E-state index is -2.13. The summed E-state index contributed by atoms with van der Waals surface area (Å²) in [6.45, 7) is 9.35. The van der Waals surface area contributed by atoms with E-state index < -0.39 is 189 Å². The molecule has 0 amide bonds. The molecule has 8 fully saturated rings. The number of fused-ring (bicyclic) bond motifs is 7. The van der Waals surface area contributed by atoms with E-state index in [-0.39, 0.29) is 28.6 Å². The van der Waals surface area contributed by atoms with Crippen molar-refractivity contribution in [1.29, 1.82) is 0 Å². The first-order chi connectivity index (χ1) is 37.0. The molecule has 29 unspecified atom stereocenters. The van der Waals surface area contributed by atoms with Gasteiger partial charge in [-0.1, -0.05) is 46.3 Å². The van der Waals surface area contributed by atoms with Crippen LogP contribution >= 0.6 is 0 Å². The highest BCUT2D eigenvalue weighted by molar-refractivity contribution is 5.79. The van der Waals surface area contributed by atoms with Crippen LogP contribution in [0.5, 0.6) is 0 Å². The van der Waals surface area contributed by atoms with Crippen molar-refractivity contribution in [3.63, 3.8) is 0 Å². The minimum Gasteiger partial charge on any atom is -0.481 e. The van der Waals surface area contributed by atoms with Gasteiger partial charge in [0.2, 0.25) is 6.29 Å². The molecule has 4 saturated heterocycles. The number of carbonyl (C=O) groups excluding carboxylic acids is 1. The van der Waals surface area contributed by atoms with Crippen LogP contribution in [0.15, 0.2) is 11.6 Å². The van der Waals surface area contributed by atoms with Crippen molar-refractivity contribution in [1.82, 2.24) is 0 Å². The molecule has 0 spiro atoms. The molecule has 0 aromatic rings. The molecule has 79 heavy (non-hydrogen) atoms. The van der Waals surface area contributed by atoms with E-state index in [1.807, 2.05) is 0 Å². The first-order valence-corrected chi connectivity index (χ1v) is 28.0. The Bertz CT molecular complexity index is 2220. The molecule has 15 N–H and O–H groups in total. The third-order valence-corrected chi connectivity index (χ3v) is 21.5. The quantitative estimate of drug-likeness (QED) is 0.0647. The SMILES string of the molecule is CC1(C)CCC2(C(=O)OC3OC(COC4OC(CO)C(O)C(O)C4O)C(O)C(OC4OC(CO)C(O)C(O)C4OC4OC(CO)C(O)C(O)C4O)C3O)CCC3(C)C(=CCC4C5(C)CCC(O)C(C)(C(=O)O)C5CCC43C)C2C1. The van der Waals surface area contributed by atoms with Crippen molar-refractivity contribution in [3.8, 4) is 0 Å². The van der Waals surface area contributed by atoms with E-state index in [1.54, 1.807) is 6.92 Å². The Balaban J connectivity index is 1.03.